The molecule has 1 heterocycles. The van der Waals surface area contributed by atoms with Crippen molar-refractivity contribution in [3.05, 3.63) is 59.1 Å². The fraction of sp³-hybridized carbons (Fsp3) is 0.0667. The third-order valence-electron chi connectivity index (χ3n) is 3.05. The minimum absolute atomic E-state index is 0.207. The van der Waals surface area contributed by atoms with Gasteiger partial charge < -0.3 is 5.11 Å². The van der Waals surface area contributed by atoms with E-state index in [1.54, 1.807) is 0 Å². The highest BCUT2D eigenvalue weighted by molar-refractivity contribution is 9.10. The molecule has 0 aliphatic carbocycles. The van der Waals surface area contributed by atoms with Crippen molar-refractivity contribution in [1.82, 2.24) is 15.0 Å². The lowest BCUT2D eigenvalue weighted by molar-refractivity contribution is 0.194. The van der Waals surface area contributed by atoms with Gasteiger partial charge in [0.25, 0.3) is 0 Å². The Morgan fingerprint density at radius 2 is 1.70 bits per heavy atom. The van der Waals surface area contributed by atoms with E-state index in [1.807, 2.05) is 54.6 Å². The monoisotopic (exact) mass is 329 g/mol. The van der Waals surface area contributed by atoms with Gasteiger partial charge in [-0.1, -0.05) is 69.7 Å². The van der Waals surface area contributed by atoms with E-state index in [0.29, 0.717) is 0 Å². The fourth-order valence-electron chi connectivity index (χ4n) is 2.13. The lowest BCUT2D eigenvalue weighted by atomic mass is 10.0. The molecule has 0 aliphatic rings. The molecule has 0 saturated carbocycles. The average Bonchev–Trinajstić information content (AvgIpc) is 2.92. The van der Waals surface area contributed by atoms with Gasteiger partial charge in [0.05, 0.1) is 5.69 Å². The Morgan fingerprint density at radius 3 is 2.40 bits per heavy atom. The molecule has 4 nitrogen and oxygen atoms in total. The first-order valence-electron chi connectivity index (χ1n) is 6.16. The zero-order valence-electron chi connectivity index (χ0n) is 10.6. The van der Waals surface area contributed by atoms with E-state index in [9.17, 15) is 5.11 Å². The zero-order chi connectivity index (χ0) is 13.9. The third kappa shape index (κ3) is 2.26. The number of benzene rings is 2. The van der Waals surface area contributed by atoms with E-state index in [0.717, 1.165) is 27.0 Å². The predicted octanol–water partition coefficient (Wildman–Crippen LogP) is 3.32. The number of aromatic nitrogens is 3. The molecule has 1 N–H and O–H groups in total. The highest BCUT2D eigenvalue weighted by Crippen LogP contribution is 2.34. The Balaban J connectivity index is 2.24. The zero-order valence-corrected chi connectivity index (χ0v) is 12.2. The molecule has 20 heavy (non-hydrogen) atoms. The van der Waals surface area contributed by atoms with E-state index < -0.39 is 0 Å². The molecule has 2 aromatic carbocycles. The Labute approximate surface area is 124 Å². The standard InChI is InChI=1S/C15H12BrN3O/c16-13-9-5-4-8-12(13)14-15(19(10-20)18-17-14)11-6-2-1-3-7-11/h1-9,20H,10H2. The summed E-state index contributed by atoms with van der Waals surface area (Å²) < 4.78 is 2.44. The second kappa shape index (κ2) is 5.56. The summed E-state index contributed by atoms with van der Waals surface area (Å²) in [6, 6.07) is 17.6. The maximum absolute atomic E-state index is 9.46. The van der Waals surface area contributed by atoms with Crippen molar-refractivity contribution in [1.29, 1.82) is 0 Å². The van der Waals surface area contributed by atoms with Gasteiger partial charge in [-0.15, -0.1) is 5.10 Å². The molecular formula is C15H12BrN3O. The molecule has 5 heteroatoms. The molecule has 0 spiro atoms. The highest BCUT2D eigenvalue weighted by Gasteiger charge is 2.17. The molecule has 0 atom stereocenters. The fourth-order valence-corrected chi connectivity index (χ4v) is 2.60. The first-order valence-corrected chi connectivity index (χ1v) is 6.95. The SMILES string of the molecule is OCn1nnc(-c2ccccc2Br)c1-c1ccccc1. The Hall–Kier alpha value is -1.98. The van der Waals surface area contributed by atoms with Crippen LogP contribution in [0.2, 0.25) is 0 Å². The minimum atomic E-state index is -0.207. The van der Waals surface area contributed by atoms with Crippen LogP contribution >= 0.6 is 15.9 Å². The molecule has 1 aromatic heterocycles. The molecule has 0 radical (unpaired) electrons. The first kappa shape index (κ1) is 13.0. The molecule has 0 amide bonds. The van der Waals surface area contributed by atoms with Crippen molar-refractivity contribution >= 4 is 15.9 Å². The molecule has 0 fully saturated rings. The van der Waals surface area contributed by atoms with Gasteiger partial charge in [-0.05, 0) is 6.07 Å². The van der Waals surface area contributed by atoms with E-state index in [1.165, 1.54) is 4.68 Å². The van der Waals surface area contributed by atoms with Crippen molar-refractivity contribution in [3.8, 4) is 22.5 Å². The second-order valence-electron chi connectivity index (χ2n) is 4.27. The van der Waals surface area contributed by atoms with Crippen LogP contribution in [-0.2, 0) is 6.73 Å². The molecule has 0 saturated heterocycles. The van der Waals surface area contributed by atoms with Gasteiger partial charge in [-0.3, -0.25) is 0 Å². The largest absolute Gasteiger partial charge is 0.374 e. The maximum atomic E-state index is 9.46. The van der Waals surface area contributed by atoms with Gasteiger partial charge in [-0.25, -0.2) is 4.68 Å². The number of hydrogen-bond donors (Lipinski definition) is 1. The number of nitrogens with zero attached hydrogens (tertiary/aromatic N) is 3. The molecule has 3 rings (SSSR count). The highest BCUT2D eigenvalue weighted by atomic mass is 79.9. The summed E-state index contributed by atoms with van der Waals surface area (Å²) in [6.07, 6.45) is 0. The van der Waals surface area contributed by atoms with Gasteiger partial charge in [0.1, 0.15) is 12.4 Å². The number of hydrogen-bond acceptors (Lipinski definition) is 3. The molecule has 0 bridgehead atoms. The van der Waals surface area contributed by atoms with Crippen molar-refractivity contribution in [3.63, 3.8) is 0 Å². The van der Waals surface area contributed by atoms with Crippen LogP contribution in [0.1, 0.15) is 0 Å². The third-order valence-corrected chi connectivity index (χ3v) is 3.74. The van der Waals surface area contributed by atoms with Crippen molar-refractivity contribution in [2.24, 2.45) is 0 Å². The van der Waals surface area contributed by atoms with Crippen LogP contribution in [0.15, 0.2) is 59.1 Å². The maximum Gasteiger partial charge on any atom is 0.138 e. The lowest BCUT2D eigenvalue weighted by Gasteiger charge is -2.07. The topological polar surface area (TPSA) is 50.9 Å². The van der Waals surface area contributed by atoms with Crippen LogP contribution < -0.4 is 0 Å². The van der Waals surface area contributed by atoms with Crippen LogP contribution in [0.3, 0.4) is 0 Å². The molecule has 100 valence electrons. The summed E-state index contributed by atoms with van der Waals surface area (Å²) in [4.78, 5) is 0. The van der Waals surface area contributed by atoms with Gasteiger partial charge in [0.15, 0.2) is 0 Å². The molecule has 0 unspecified atom stereocenters. The van der Waals surface area contributed by atoms with E-state index >= 15 is 0 Å². The van der Waals surface area contributed by atoms with Crippen LogP contribution in [0.4, 0.5) is 0 Å². The first-order chi connectivity index (χ1) is 9.81. The van der Waals surface area contributed by atoms with Crippen LogP contribution in [-0.4, -0.2) is 20.1 Å². The Morgan fingerprint density at radius 1 is 1.00 bits per heavy atom. The van der Waals surface area contributed by atoms with Crippen LogP contribution in [0, 0.1) is 0 Å². The normalized spacial score (nSPS) is 10.7. The van der Waals surface area contributed by atoms with Crippen molar-refractivity contribution < 1.29 is 5.11 Å². The second-order valence-corrected chi connectivity index (χ2v) is 5.13. The summed E-state index contributed by atoms with van der Waals surface area (Å²) in [5, 5.41) is 17.7. The average molecular weight is 330 g/mol. The van der Waals surface area contributed by atoms with Gasteiger partial charge in [0, 0.05) is 15.6 Å². The lowest BCUT2D eigenvalue weighted by Crippen LogP contribution is -2.01. The number of rotatable bonds is 3. The Bertz CT molecular complexity index is 725. The molecule has 0 aliphatic heterocycles. The summed E-state index contributed by atoms with van der Waals surface area (Å²) in [5.41, 5.74) is 3.47. The smallest absolute Gasteiger partial charge is 0.138 e. The van der Waals surface area contributed by atoms with E-state index in [2.05, 4.69) is 26.2 Å². The van der Waals surface area contributed by atoms with Gasteiger partial charge in [-0.2, -0.15) is 0 Å². The number of halogens is 1. The molecular weight excluding hydrogens is 318 g/mol. The van der Waals surface area contributed by atoms with Crippen LogP contribution in [0.25, 0.3) is 22.5 Å². The summed E-state index contributed by atoms with van der Waals surface area (Å²) >= 11 is 3.53. The number of aliphatic hydroxyl groups excluding tert-OH is 1. The van der Waals surface area contributed by atoms with Gasteiger partial charge >= 0.3 is 0 Å². The van der Waals surface area contributed by atoms with Crippen molar-refractivity contribution in [2.45, 2.75) is 6.73 Å². The predicted molar refractivity (Wildman–Crippen MR) is 80.8 cm³/mol. The van der Waals surface area contributed by atoms with E-state index in [-0.39, 0.29) is 6.73 Å². The van der Waals surface area contributed by atoms with Gasteiger partial charge in [0.2, 0.25) is 0 Å². The van der Waals surface area contributed by atoms with E-state index in [4.69, 9.17) is 0 Å². The van der Waals surface area contributed by atoms with Crippen molar-refractivity contribution in [2.75, 3.05) is 0 Å². The quantitative estimate of drug-likeness (QED) is 0.801. The Kier molecular flexibility index (Phi) is 3.62. The minimum Gasteiger partial charge on any atom is -0.374 e. The molecule has 3 aromatic rings. The summed E-state index contributed by atoms with van der Waals surface area (Å²) in [6.45, 7) is -0.207. The van der Waals surface area contributed by atoms with Crippen LogP contribution in [0.5, 0.6) is 0 Å². The summed E-state index contributed by atoms with van der Waals surface area (Å²) in [5.74, 6) is 0. The number of aliphatic hydroxyl groups is 1. The summed E-state index contributed by atoms with van der Waals surface area (Å²) in [7, 11) is 0.